The van der Waals surface area contributed by atoms with E-state index in [2.05, 4.69) is 107 Å². The molecule has 11 aromatic rings. The molecule has 420 valence electrons. The minimum Gasteiger partial charge on any atom is -0.509 e. The fraction of sp³-hybridized carbons (Fsp3) is 0.211. The van der Waals surface area contributed by atoms with Gasteiger partial charge in [0.1, 0.15) is 17.3 Å². The summed E-state index contributed by atoms with van der Waals surface area (Å²) < 4.78 is 105. The molecular weight excluding hydrogens is 1200 g/mol. The van der Waals surface area contributed by atoms with E-state index >= 15 is 0 Å². The Morgan fingerprint density at radius 1 is 0.470 bits per heavy atom. The molecule has 0 bridgehead atoms. The van der Waals surface area contributed by atoms with Gasteiger partial charge in [0, 0.05) is 78.5 Å². The Morgan fingerprint density at radius 3 is 1.70 bits per heavy atom. The third-order valence-electron chi connectivity index (χ3n) is 15.1. The average molecular weight is 1280 g/mol. The molecule has 0 N–H and O–H groups in total. The van der Waals surface area contributed by atoms with E-state index in [1.54, 1.807) is 24.4 Å². The number of hydrogen-bond acceptors (Lipinski definition) is 5. The molecule has 3 heterocycles. The van der Waals surface area contributed by atoms with Crippen LogP contribution in [-0.4, -0.2) is 9.55 Å². The fourth-order valence-corrected chi connectivity index (χ4v) is 10.5. The van der Waals surface area contributed by atoms with Crippen molar-refractivity contribution < 1.29 is 44.2 Å². The second kappa shape index (κ2) is 21.9. The first-order valence-corrected chi connectivity index (χ1v) is 27.8. The zero-order chi connectivity index (χ0) is 66.0. The summed E-state index contributed by atoms with van der Waals surface area (Å²) in [5.41, 5.74) is 9.59. The van der Waals surface area contributed by atoms with Gasteiger partial charge in [0.15, 0.2) is 0 Å². The van der Waals surface area contributed by atoms with E-state index in [4.69, 9.17) is 25.4 Å². The Labute approximate surface area is 519 Å². The number of para-hydroxylation sites is 3. The number of ether oxygens (including phenoxy) is 2. The Kier molecular flexibility index (Phi) is 11.9. The van der Waals surface area contributed by atoms with Crippen LogP contribution in [0.1, 0.15) is 119 Å². The van der Waals surface area contributed by atoms with Gasteiger partial charge in [-0.1, -0.05) is 198 Å². The van der Waals surface area contributed by atoms with Gasteiger partial charge < -0.3 is 23.8 Å². The van der Waals surface area contributed by atoms with Crippen molar-refractivity contribution in [1.82, 2.24) is 9.55 Å². The SMILES string of the molecule is [2H]c1c([2H])c([2H])c(-c2cc(-c3cc(C(C)(C)C)cc(-c4c([2H])c([2H])c([2H])c([2H])c4[2H])c3Oc3ccnc(-n4c5[c-]c(Oc6[c-]c(N7[CH-]N(c8cc(C(C)(C)C)cc(C(C)(C)C)c8)c8ccccc87)ccc6)ccc5c5ccccc54)c3)cc(C(C)(C)C)c2)c([2H])c1[2H].[Pt]. The van der Waals surface area contributed by atoms with Gasteiger partial charge in [0.25, 0.3) is 0 Å². The number of aromatic nitrogens is 2. The molecule has 0 saturated carbocycles. The van der Waals surface area contributed by atoms with Crippen LogP contribution in [0.5, 0.6) is 23.0 Å². The van der Waals surface area contributed by atoms with E-state index in [0.29, 0.717) is 39.5 Å². The second-order valence-corrected chi connectivity index (χ2v) is 25.2. The zero-order valence-corrected chi connectivity index (χ0v) is 51.1. The molecule has 6 nitrogen and oxygen atoms in total. The molecule has 1 aliphatic rings. The summed E-state index contributed by atoms with van der Waals surface area (Å²) in [5.74, 6) is 1.77. The molecule has 0 saturated heterocycles. The maximum atomic E-state index is 9.39. The van der Waals surface area contributed by atoms with Crippen LogP contribution in [0.3, 0.4) is 0 Å². The fourth-order valence-electron chi connectivity index (χ4n) is 10.5. The van der Waals surface area contributed by atoms with Crippen molar-refractivity contribution in [2.24, 2.45) is 0 Å². The van der Waals surface area contributed by atoms with Gasteiger partial charge in [-0.2, -0.15) is 12.1 Å². The number of fused-ring (bicyclic) bond motifs is 4. The molecule has 0 spiro atoms. The molecular formula is C76H71N4O2Pt-3. The molecule has 9 aromatic carbocycles. The van der Waals surface area contributed by atoms with Gasteiger partial charge in [-0.3, -0.25) is 0 Å². The normalized spacial score (nSPS) is 14.6. The Balaban J connectivity index is 0.00000884. The van der Waals surface area contributed by atoms with Gasteiger partial charge in [-0.05, 0) is 126 Å². The quantitative estimate of drug-likeness (QED) is 0.128. The summed E-state index contributed by atoms with van der Waals surface area (Å²) in [6.45, 7) is 27.7. The first-order valence-electron chi connectivity index (χ1n) is 32.8. The van der Waals surface area contributed by atoms with Gasteiger partial charge in [0.05, 0.1) is 13.7 Å². The van der Waals surface area contributed by atoms with E-state index in [1.165, 1.54) is 11.1 Å². The summed E-state index contributed by atoms with van der Waals surface area (Å²) in [7, 11) is 0. The first kappa shape index (κ1) is 45.3. The zero-order valence-electron chi connectivity index (χ0n) is 58.9. The molecule has 7 heteroatoms. The van der Waals surface area contributed by atoms with Crippen LogP contribution >= 0.6 is 0 Å². The summed E-state index contributed by atoms with van der Waals surface area (Å²) in [4.78, 5) is 9.33. The summed E-state index contributed by atoms with van der Waals surface area (Å²) in [5, 5.41) is 1.81. The largest absolute Gasteiger partial charge is 0.509 e. The van der Waals surface area contributed by atoms with Gasteiger partial charge in [-0.25, -0.2) is 4.98 Å². The summed E-state index contributed by atoms with van der Waals surface area (Å²) >= 11 is 0. The van der Waals surface area contributed by atoms with E-state index in [0.717, 1.165) is 50.2 Å². The van der Waals surface area contributed by atoms with Gasteiger partial charge >= 0.3 is 0 Å². The number of nitrogens with zero attached hydrogens (tertiary/aromatic N) is 4. The Morgan fingerprint density at radius 2 is 1.04 bits per heavy atom. The van der Waals surface area contributed by atoms with Crippen LogP contribution in [0.25, 0.3) is 61.0 Å². The molecule has 0 unspecified atom stereocenters. The summed E-state index contributed by atoms with van der Waals surface area (Å²) in [6, 6.07) is 48.2. The van der Waals surface area contributed by atoms with Crippen LogP contribution in [0.15, 0.2) is 206 Å². The topological polar surface area (TPSA) is 42.8 Å². The maximum Gasteiger partial charge on any atom is 0.143 e. The van der Waals surface area contributed by atoms with Crippen molar-refractivity contribution in [3.63, 3.8) is 0 Å². The third kappa shape index (κ3) is 11.4. The number of hydrogen-bond donors (Lipinski definition) is 0. The minimum atomic E-state index is -0.579. The molecule has 12 rings (SSSR count). The van der Waals surface area contributed by atoms with Crippen LogP contribution in [0.4, 0.5) is 22.7 Å². The van der Waals surface area contributed by atoms with Crippen molar-refractivity contribution in [3.8, 4) is 62.2 Å². The predicted octanol–water partition coefficient (Wildman–Crippen LogP) is 21.0. The standard InChI is InChI=1S/C76H71N4O2.Pt/c1-73(2,3)54-39-52(50-24-15-13-16-25-50)38-53(40-54)66-45-57(76(10,11)12)44-65(51-26-17-14-18-27-51)72(66)82-62-36-37-77-71(48-62)80-67-31-20-19-30-63(67)64-35-34-61(47-70(64)80)81-60-29-23-28-58(46-60)78-49-79(69-33-22-21-32-68(69)78)59-42-55(74(4,5)6)41-56(43-59)75(7,8)9;/h13-45,48-49H,1-12H3;/q-3;/i13D,14D,15D,16D,17D,18D,24D,25D,26D,27D;. The van der Waals surface area contributed by atoms with Gasteiger partial charge in [-0.15, -0.1) is 48.1 Å². The minimum absolute atomic E-state index is 0. The molecule has 0 fully saturated rings. The first-order chi connectivity index (χ1) is 43.3. The number of benzene rings is 9. The molecule has 0 radical (unpaired) electrons. The van der Waals surface area contributed by atoms with Crippen molar-refractivity contribution in [3.05, 3.63) is 247 Å². The molecule has 83 heavy (non-hydrogen) atoms. The van der Waals surface area contributed by atoms with E-state index < -0.39 is 59.2 Å². The number of rotatable bonds is 10. The third-order valence-corrected chi connectivity index (χ3v) is 15.1. The Bertz CT molecular complexity index is 4730. The van der Waals surface area contributed by atoms with Crippen molar-refractivity contribution >= 4 is 44.6 Å². The maximum absolute atomic E-state index is 9.39. The van der Waals surface area contributed by atoms with E-state index in [9.17, 15) is 2.74 Å². The average Bonchev–Trinajstić information content (AvgIpc) is 1.72. The van der Waals surface area contributed by atoms with Crippen LogP contribution in [-0.2, 0) is 42.7 Å². The number of anilines is 4. The predicted molar refractivity (Wildman–Crippen MR) is 342 cm³/mol. The molecule has 1 aliphatic heterocycles. The van der Waals surface area contributed by atoms with E-state index in [-0.39, 0.29) is 72.2 Å². The van der Waals surface area contributed by atoms with Crippen LogP contribution < -0.4 is 19.3 Å². The number of pyridine rings is 1. The van der Waals surface area contributed by atoms with Crippen LogP contribution in [0.2, 0.25) is 0 Å². The van der Waals surface area contributed by atoms with E-state index in [1.807, 2.05) is 131 Å². The van der Waals surface area contributed by atoms with Gasteiger partial charge in [0.2, 0.25) is 0 Å². The van der Waals surface area contributed by atoms with Crippen molar-refractivity contribution in [2.45, 2.75) is 105 Å². The summed E-state index contributed by atoms with van der Waals surface area (Å²) in [6.07, 6.45) is 1.62. The van der Waals surface area contributed by atoms with Crippen LogP contribution in [0, 0.1) is 18.8 Å². The van der Waals surface area contributed by atoms with Crippen molar-refractivity contribution in [1.29, 1.82) is 0 Å². The monoisotopic (exact) mass is 1280 g/mol. The van der Waals surface area contributed by atoms with Crippen molar-refractivity contribution in [2.75, 3.05) is 9.80 Å². The molecule has 0 atom stereocenters. The molecule has 0 amide bonds. The Hall–Kier alpha value is -8.18. The molecule has 2 aromatic heterocycles. The smallest absolute Gasteiger partial charge is 0.143 e. The molecule has 0 aliphatic carbocycles. The second-order valence-electron chi connectivity index (χ2n) is 25.2.